The fraction of sp³-hybridized carbons (Fsp3) is 0.273. The smallest absolute Gasteiger partial charge is 0.337 e. The lowest BCUT2D eigenvalue weighted by Gasteiger charge is -2.32. The van der Waals surface area contributed by atoms with Gasteiger partial charge in [-0.1, -0.05) is 56.3 Å². The third-order valence-electron chi connectivity index (χ3n) is 7.43. The Morgan fingerprint density at radius 3 is 2.33 bits per heavy atom. The predicted molar refractivity (Wildman–Crippen MR) is 162 cm³/mol. The maximum Gasteiger partial charge on any atom is 0.337 e. The number of methoxy groups -OCH3 is 1. The number of nitrogens with zero attached hydrogens (tertiary/aromatic N) is 2. The third kappa shape index (κ3) is 6.26. The SMILES string of the molecule is COC(=O)c1ccc(C2CCN(C(=O)c3cc(NC(=O)c4nc(C(C)C)sc4-c4ccccc4)ccc3F)CC2)cc1. The quantitative estimate of drug-likeness (QED) is 0.233. The minimum absolute atomic E-state index is 0.0851. The molecule has 4 aromatic rings. The number of anilines is 1. The molecule has 9 heteroatoms. The van der Waals surface area contributed by atoms with Gasteiger partial charge in [-0.3, -0.25) is 9.59 Å². The fourth-order valence-electron chi connectivity index (χ4n) is 5.08. The first-order chi connectivity index (χ1) is 20.2. The number of carbonyl (C=O) groups excluding carboxylic acids is 3. The van der Waals surface area contributed by atoms with Gasteiger partial charge in [0.25, 0.3) is 11.8 Å². The average Bonchev–Trinajstić information content (AvgIpc) is 3.48. The van der Waals surface area contributed by atoms with E-state index in [-0.39, 0.29) is 23.4 Å². The number of ether oxygens (including phenoxy) is 1. The zero-order chi connectivity index (χ0) is 29.8. The first-order valence-electron chi connectivity index (χ1n) is 13.9. The van der Waals surface area contributed by atoms with Crippen molar-refractivity contribution < 1.29 is 23.5 Å². The summed E-state index contributed by atoms with van der Waals surface area (Å²) in [6.45, 7) is 4.98. The van der Waals surface area contributed by atoms with Gasteiger partial charge in [0.1, 0.15) is 11.5 Å². The predicted octanol–water partition coefficient (Wildman–Crippen LogP) is 7.13. The molecule has 216 valence electrons. The molecule has 1 N–H and O–H groups in total. The van der Waals surface area contributed by atoms with E-state index in [1.807, 2.05) is 56.3 Å². The maximum atomic E-state index is 14.9. The van der Waals surface area contributed by atoms with Gasteiger partial charge in [-0.15, -0.1) is 11.3 Å². The average molecular weight is 586 g/mol. The molecule has 42 heavy (non-hydrogen) atoms. The van der Waals surface area contributed by atoms with Gasteiger partial charge >= 0.3 is 5.97 Å². The zero-order valence-electron chi connectivity index (χ0n) is 23.7. The van der Waals surface area contributed by atoms with Crippen molar-refractivity contribution in [1.29, 1.82) is 0 Å². The van der Waals surface area contributed by atoms with Gasteiger partial charge in [0.05, 0.1) is 28.1 Å². The van der Waals surface area contributed by atoms with E-state index in [4.69, 9.17) is 4.74 Å². The number of amides is 2. The highest BCUT2D eigenvalue weighted by Crippen LogP contribution is 2.34. The molecule has 0 spiro atoms. The van der Waals surface area contributed by atoms with Crippen molar-refractivity contribution in [1.82, 2.24) is 9.88 Å². The highest BCUT2D eigenvalue weighted by molar-refractivity contribution is 7.15. The minimum Gasteiger partial charge on any atom is -0.465 e. The molecule has 0 bridgehead atoms. The highest BCUT2D eigenvalue weighted by Gasteiger charge is 2.27. The Balaban J connectivity index is 1.28. The van der Waals surface area contributed by atoms with Crippen molar-refractivity contribution in [3.63, 3.8) is 0 Å². The molecular weight excluding hydrogens is 553 g/mol. The molecule has 5 rings (SSSR count). The zero-order valence-corrected chi connectivity index (χ0v) is 24.5. The number of piperidine rings is 1. The van der Waals surface area contributed by atoms with E-state index in [2.05, 4.69) is 10.3 Å². The normalized spacial score (nSPS) is 13.7. The molecule has 0 atom stereocenters. The third-order valence-corrected chi connectivity index (χ3v) is 8.83. The van der Waals surface area contributed by atoms with Crippen molar-refractivity contribution in [2.75, 3.05) is 25.5 Å². The molecule has 2 amide bonds. The number of aromatic nitrogens is 1. The van der Waals surface area contributed by atoms with Crippen LogP contribution in [0.2, 0.25) is 0 Å². The van der Waals surface area contributed by atoms with E-state index in [9.17, 15) is 18.8 Å². The molecule has 0 radical (unpaired) electrons. The second-order valence-corrected chi connectivity index (χ2v) is 11.6. The molecule has 1 aromatic heterocycles. The number of likely N-dealkylation sites (tertiary alicyclic amines) is 1. The largest absolute Gasteiger partial charge is 0.465 e. The summed E-state index contributed by atoms with van der Waals surface area (Å²) in [6, 6.07) is 21.0. The standard InChI is InChI=1S/C33H32FN3O4S/c1-20(2)31-36-28(29(42-31)23-7-5-4-6-8-23)30(38)35-25-13-14-27(34)26(19-25)32(39)37-17-15-22(16-18-37)21-9-11-24(12-10-21)33(40)41-3/h4-14,19-20,22H,15-18H2,1-3H3,(H,35,38). The van der Waals surface area contributed by atoms with Gasteiger partial charge in [0, 0.05) is 24.7 Å². The van der Waals surface area contributed by atoms with Crippen molar-refractivity contribution in [3.05, 3.63) is 106 Å². The van der Waals surface area contributed by atoms with Gasteiger partial charge in [0.15, 0.2) is 0 Å². The fourth-order valence-corrected chi connectivity index (χ4v) is 6.15. The van der Waals surface area contributed by atoms with E-state index in [1.54, 1.807) is 17.0 Å². The monoisotopic (exact) mass is 585 g/mol. The maximum absolute atomic E-state index is 14.9. The van der Waals surface area contributed by atoms with Gasteiger partial charge in [-0.05, 0) is 60.2 Å². The lowest BCUT2D eigenvalue weighted by atomic mass is 9.88. The molecule has 1 fully saturated rings. The van der Waals surface area contributed by atoms with Crippen LogP contribution in [0.15, 0.2) is 72.8 Å². The summed E-state index contributed by atoms with van der Waals surface area (Å²) in [5.41, 5.74) is 3.01. The van der Waals surface area contributed by atoms with Crippen LogP contribution in [0, 0.1) is 5.82 Å². The summed E-state index contributed by atoms with van der Waals surface area (Å²) in [6.07, 6.45) is 1.43. The number of benzene rings is 3. The van der Waals surface area contributed by atoms with E-state index in [0.717, 1.165) is 21.0 Å². The summed E-state index contributed by atoms with van der Waals surface area (Å²) >= 11 is 1.48. The topological polar surface area (TPSA) is 88.6 Å². The second-order valence-electron chi connectivity index (χ2n) is 10.6. The summed E-state index contributed by atoms with van der Waals surface area (Å²) in [5.74, 6) is -1.48. The molecule has 0 aliphatic carbocycles. The Morgan fingerprint density at radius 1 is 1.00 bits per heavy atom. The van der Waals surface area contributed by atoms with E-state index in [0.29, 0.717) is 42.9 Å². The van der Waals surface area contributed by atoms with Crippen LogP contribution in [0.5, 0.6) is 0 Å². The van der Waals surface area contributed by atoms with Gasteiger partial charge in [-0.25, -0.2) is 14.2 Å². The van der Waals surface area contributed by atoms with Crippen LogP contribution in [0.4, 0.5) is 10.1 Å². The number of nitrogens with one attached hydrogen (secondary N) is 1. The number of hydrogen-bond acceptors (Lipinski definition) is 6. The van der Waals surface area contributed by atoms with Crippen LogP contribution in [-0.4, -0.2) is 47.9 Å². The molecule has 0 saturated carbocycles. The summed E-state index contributed by atoms with van der Waals surface area (Å²) < 4.78 is 19.6. The van der Waals surface area contributed by atoms with E-state index < -0.39 is 17.6 Å². The number of rotatable bonds is 7. The van der Waals surface area contributed by atoms with Crippen molar-refractivity contribution in [2.24, 2.45) is 0 Å². The molecule has 3 aromatic carbocycles. The molecular formula is C33H32FN3O4S. The van der Waals surface area contributed by atoms with Crippen LogP contribution in [0.3, 0.4) is 0 Å². The Bertz CT molecular complexity index is 1590. The number of halogens is 1. The molecule has 1 saturated heterocycles. The van der Waals surface area contributed by atoms with E-state index >= 15 is 0 Å². The lowest BCUT2D eigenvalue weighted by molar-refractivity contribution is 0.0599. The first kappa shape index (κ1) is 29.1. The minimum atomic E-state index is -0.640. The molecule has 1 aliphatic rings. The Hall–Kier alpha value is -4.37. The molecule has 7 nitrogen and oxygen atoms in total. The van der Waals surface area contributed by atoms with Crippen molar-refractivity contribution >= 4 is 34.8 Å². The van der Waals surface area contributed by atoms with Crippen molar-refractivity contribution in [3.8, 4) is 10.4 Å². The van der Waals surface area contributed by atoms with Gasteiger partial charge in [0.2, 0.25) is 0 Å². The Morgan fingerprint density at radius 2 is 1.69 bits per heavy atom. The molecule has 0 unspecified atom stereocenters. The summed E-state index contributed by atoms with van der Waals surface area (Å²) in [5, 5.41) is 3.67. The van der Waals surface area contributed by atoms with Gasteiger partial charge < -0.3 is 15.0 Å². The van der Waals surface area contributed by atoms with Crippen LogP contribution < -0.4 is 5.32 Å². The number of thiazole rings is 1. The van der Waals surface area contributed by atoms with Crippen LogP contribution in [0.25, 0.3) is 10.4 Å². The number of carbonyl (C=O) groups is 3. The Kier molecular flexibility index (Phi) is 8.77. The molecule has 1 aliphatic heterocycles. The van der Waals surface area contributed by atoms with Crippen LogP contribution >= 0.6 is 11.3 Å². The van der Waals surface area contributed by atoms with Gasteiger partial charge in [-0.2, -0.15) is 0 Å². The second kappa shape index (κ2) is 12.7. The van der Waals surface area contributed by atoms with Crippen LogP contribution in [-0.2, 0) is 4.74 Å². The van der Waals surface area contributed by atoms with Crippen molar-refractivity contribution in [2.45, 2.75) is 38.5 Å². The number of hydrogen-bond donors (Lipinski definition) is 1. The highest BCUT2D eigenvalue weighted by atomic mass is 32.1. The summed E-state index contributed by atoms with van der Waals surface area (Å²) in [4.78, 5) is 45.5. The lowest BCUT2D eigenvalue weighted by Crippen LogP contribution is -2.38. The van der Waals surface area contributed by atoms with E-state index in [1.165, 1.54) is 36.6 Å². The van der Waals surface area contributed by atoms with Crippen LogP contribution in [0.1, 0.15) is 80.3 Å². The number of esters is 1. The molecule has 2 heterocycles. The first-order valence-corrected chi connectivity index (χ1v) is 14.7. The summed E-state index contributed by atoms with van der Waals surface area (Å²) in [7, 11) is 1.35. The Labute approximate surface area is 248 Å².